The van der Waals surface area contributed by atoms with Crippen molar-refractivity contribution in [3.05, 3.63) is 62.4 Å². The molecule has 3 heterocycles. The number of anilines is 1. The SMILES string of the molecule is Cc1cc(-c2ccc(Cn3nnn(CC(CN)=C(F)F)c3=O)s2)cc2c1NC(=O)CC2. The summed E-state index contributed by atoms with van der Waals surface area (Å²) < 4.78 is 27.6. The zero-order valence-electron chi connectivity index (χ0n) is 16.7. The summed E-state index contributed by atoms with van der Waals surface area (Å²) in [5.41, 5.74) is 8.38. The molecule has 1 aliphatic heterocycles. The number of benzene rings is 1. The molecular formula is C20H20F2N6O2S. The number of aryl methyl sites for hydroxylation is 2. The maximum atomic E-state index is 12.8. The van der Waals surface area contributed by atoms with E-state index in [9.17, 15) is 18.4 Å². The second-order valence-electron chi connectivity index (χ2n) is 7.29. The van der Waals surface area contributed by atoms with Crippen LogP contribution in [0.15, 0.2) is 40.7 Å². The van der Waals surface area contributed by atoms with Crippen molar-refractivity contribution in [2.75, 3.05) is 11.9 Å². The standard InChI is InChI=1S/C20H20F2N6O2S/c1-11-6-13(7-12-2-5-17(29)24-18(11)12)16-4-3-15(31-16)10-28-20(30)27(25-26-28)9-14(8-23)19(21)22/h3-4,6-7H,2,5,8-10,23H2,1H3,(H,24,29). The highest BCUT2D eigenvalue weighted by Gasteiger charge is 2.18. The monoisotopic (exact) mass is 446 g/mol. The largest absolute Gasteiger partial charge is 0.364 e. The van der Waals surface area contributed by atoms with Gasteiger partial charge in [0.05, 0.1) is 13.1 Å². The van der Waals surface area contributed by atoms with E-state index in [1.807, 2.05) is 25.1 Å². The molecule has 0 spiro atoms. The maximum absolute atomic E-state index is 12.8. The fraction of sp³-hybridized carbons (Fsp3) is 0.300. The second kappa shape index (κ2) is 8.52. The third-order valence-electron chi connectivity index (χ3n) is 5.11. The van der Waals surface area contributed by atoms with E-state index in [1.165, 1.54) is 11.3 Å². The van der Waals surface area contributed by atoms with Gasteiger partial charge in [-0.15, -0.1) is 11.3 Å². The normalized spacial score (nSPS) is 13.1. The average molecular weight is 446 g/mol. The van der Waals surface area contributed by atoms with E-state index < -0.39 is 18.3 Å². The number of rotatable bonds is 6. The number of thiophene rings is 1. The third kappa shape index (κ3) is 4.32. The van der Waals surface area contributed by atoms with E-state index in [4.69, 9.17) is 5.73 Å². The minimum absolute atomic E-state index is 0.0311. The minimum atomic E-state index is -1.91. The van der Waals surface area contributed by atoms with E-state index in [1.54, 1.807) is 0 Å². The summed E-state index contributed by atoms with van der Waals surface area (Å²) in [4.78, 5) is 26.0. The lowest BCUT2D eigenvalue weighted by atomic mass is 9.96. The Morgan fingerprint density at radius 1 is 1.19 bits per heavy atom. The van der Waals surface area contributed by atoms with Crippen LogP contribution in [0.5, 0.6) is 0 Å². The zero-order valence-corrected chi connectivity index (χ0v) is 17.5. The molecule has 0 fully saturated rings. The summed E-state index contributed by atoms with van der Waals surface area (Å²) in [6.07, 6.45) is -0.741. The molecule has 162 valence electrons. The summed E-state index contributed by atoms with van der Waals surface area (Å²) in [5, 5.41) is 10.4. The van der Waals surface area contributed by atoms with Gasteiger partial charge in [-0.2, -0.15) is 18.1 Å². The molecule has 0 saturated heterocycles. The van der Waals surface area contributed by atoms with Crippen molar-refractivity contribution < 1.29 is 13.6 Å². The summed E-state index contributed by atoms with van der Waals surface area (Å²) in [7, 11) is 0. The fourth-order valence-electron chi connectivity index (χ4n) is 3.48. The Balaban J connectivity index is 1.55. The number of aromatic nitrogens is 4. The molecule has 0 radical (unpaired) electrons. The molecular weight excluding hydrogens is 426 g/mol. The first-order valence-corrected chi connectivity index (χ1v) is 10.4. The van der Waals surface area contributed by atoms with Crippen molar-refractivity contribution in [3.63, 3.8) is 0 Å². The molecule has 1 aromatic carbocycles. The van der Waals surface area contributed by atoms with Crippen molar-refractivity contribution in [1.29, 1.82) is 0 Å². The Morgan fingerprint density at radius 3 is 2.71 bits per heavy atom. The predicted octanol–water partition coefficient (Wildman–Crippen LogP) is 2.52. The Morgan fingerprint density at radius 2 is 1.97 bits per heavy atom. The zero-order chi connectivity index (χ0) is 22.1. The highest BCUT2D eigenvalue weighted by atomic mass is 32.1. The van der Waals surface area contributed by atoms with Gasteiger partial charge in [0.25, 0.3) is 6.08 Å². The van der Waals surface area contributed by atoms with Crippen molar-refractivity contribution in [2.45, 2.75) is 32.9 Å². The third-order valence-corrected chi connectivity index (χ3v) is 6.23. The first-order chi connectivity index (χ1) is 14.9. The van der Waals surface area contributed by atoms with Crippen molar-refractivity contribution in [3.8, 4) is 10.4 Å². The highest BCUT2D eigenvalue weighted by molar-refractivity contribution is 7.15. The Kier molecular flexibility index (Phi) is 5.79. The number of tetrazole rings is 1. The van der Waals surface area contributed by atoms with Gasteiger partial charge in [0.1, 0.15) is 0 Å². The first-order valence-electron chi connectivity index (χ1n) is 9.62. The summed E-state index contributed by atoms with van der Waals surface area (Å²) >= 11 is 1.51. The smallest absolute Gasteiger partial charge is 0.327 e. The lowest BCUT2D eigenvalue weighted by molar-refractivity contribution is -0.116. The van der Waals surface area contributed by atoms with Crippen molar-refractivity contribution in [1.82, 2.24) is 19.8 Å². The number of hydrogen-bond donors (Lipinski definition) is 2. The number of carbonyl (C=O) groups excluding carboxylic acids is 1. The molecule has 8 nitrogen and oxygen atoms in total. The molecule has 4 rings (SSSR count). The number of nitrogens with two attached hydrogens (primary N) is 1. The molecule has 3 aromatic rings. The summed E-state index contributed by atoms with van der Waals surface area (Å²) in [5.74, 6) is 0.0311. The minimum Gasteiger partial charge on any atom is -0.327 e. The van der Waals surface area contributed by atoms with Crippen LogP contribution in [0.1, 0.15) is 22.4 Å². The van der Waals surface area contributed by atoms with Gasteiger partial charge in [-0.3, -0.25) is 4.79 Å². The van der Waals surface area contributed by atoms with Crippen molar-refractivity contribution in [2.24, 2.45) is 5.73 Å². The van der Waals surface area contributed by atoms with Gasteiger partial charge in [-0.05, 0) is 64.7 Å². The molecule has 1 amide bonds. The molecule has 3 N–H and O–H groups in total. The lowest BCUT2D eigenvalue weighted by Gasteiger charge is -2.20. The van der Waals surface area contributed by atoms with Crippen LogP contribution < -0.4 is 16.7 Å². The molecule has 0 saturated carbocycles. The van der Waals surface area contributed by atoms with E-state index in [0.717, 1.165) is 41.5 Å². The van der Waals surface area contributed by atoms with E-state index in [2.05, 4.69) is 21.8 Å². The topological polar surface area (TPSA) is 108 Å². The molecule has 0 atom stereocenters. The number of nitrogens with one attached hydrogen (secondary N) is 1. The van der Waals surface area contributed by atoms with Gasteiger partial charge in [-0.25, -0.2) is 4.79 Å². The number of carbonyl (C=O) groups is 1. The molecule has 2 aromatic heterocycles. The average Bonchev–Trinajstić information content (AvgIpc) is 3.34. The fourth-order valence-corrected chi connectivity index (χ4v) is 4.46. The van der Waals surface area contributed by atoms with Crippen LogP contribution in [-0.4, -0.2) is 32.2 Å². The maximum Gasteiger partial charge on any atom is 0.364 e. The van der Waals surface area contributed by atoms with Crippen molar-refractivity contribution >= 4 is 22.9 Å². The first kappa shape index (κ1) is 21.1. The van der Waals surface area contributed by atoms with E-state index in [-0.39, 0.29) is 24.6 Å². The lowest BCUT2D eigenvalue weighted by Crippen LogP contribution is -2.27. The Labute approximate surface area is 180 Å². The summed E-state index contributed by atoms with van der Waals surface area (Å²) in [6, 6.07) is 7.96. The second-order valence-corrected chi connectivity index (χ2v) is 8.45. The molecule has 0 bridgehead atoms. The van der Waals surface area contributed by atoms with Gasteiger partial charge in [0, 0.05) is 34.0 Å². The molecule has 11 heteroatoms. The Hall–Kier alpha value is -3.18. The number of hydrogen-bond acceptors (Lipinski definition) is 6. The predicted molar refractivity (Wildman–Crippen MR) is 113 cm³/mol. The van der Waals surface area contributed by atoms with Crippen LogP contribution in [0.2, 0.25) is 0 Å². The number of halogens is 2. The van der Waals surface area contributed by atoms with Gasteiger partial charge < -0.3 is 11.1 Å². The molecule has 0 unspecified atom stereocenters. The van der Waals surface area contributed by atoms with Crippen LogP contribution >= 0.6 is 11.3 Å². The number of amides is 1. The van der Waals surface area contributed by atoms with Crippen LogP contribution in [0.25, 0.3) is 10.4 Å². The van der Waals surface area contributed by atoms with E-state index in [0.29, 0.717) is 12.8 Å². The number of nitrogens with zero attached hydrogens (tertiary/aromatic N) is 4. The molecule has 0 aliphatic carbocycles. The van der Waals surface area contributed by atoms with Crippen LogP contribution in [0.4, 0.5) is 14.5 Å². The van der Waals surface area contributed by atoms with Gasteiger partial charge in [0.15, 0.2) is 0 Å². The summed E-state index contributed by atoms with van der Waals surface area (Å²) in [6.45, 7) is 1.39. The molecule has 1 aliphatic rings. The van der Waals surface area contributed by atoms with Crippen LogP contribution in [0.3, 0.4) is 0 Å². The van der Waals surface area contributed by atoms with Crippen LogP contribution in [0, 0.1) is 6.92 Å². The van der Waals surface area contributed by atoms with E-state index >= 15 is 0 Å². The van der Waals surface area contributed by atoms with Gasteiger partial charge in [0.2, 0.25) is 5.91 Å². The van der Waals surface area contributed by atoms with Crippen LogP contribution in [-0.2, 0) is 24.3 Å². The van der Waals surface area contributed by atoms with Gasteiger partial charge >= 0.3 is 5.69 Å². The highest BCUT2D eigenvalue weighted by Crippen LogP contribution is 2.35. The quantitative estimate of drug-likeness (QED) is 0.605. The Bertz CT molecular complexity index is 1240. The van der Waals surface area contributed by atoms with Gasteiger partial charge in [-0.1, -0.05) is 0 Å². The molecule has 31 heavy (non-hydrogen) atoms. The number of fused-ring (bicyclic) bond motifs is 1.